The highest BCUT2D eigenvalue weighted by Crippen LogP contribution is 2.33. The van der Waals surface area contributed by atoms with E-state index < -0.39 is 0 Å². The summed E-state index contributed by atoms with van der Waals surface area (Å²) in [5.74, 6) is -0.388. The van der Waals surface area contributed by atoms with Gasteiger partial charge in [0, 0.05) is 32.9 Å². The van der Waals surface area contributed by atoms with Crippen molar-refractivity contribution in [2.75, 3.05) is 0 Å². The van der Waals surface area contributed by atoms with E-state index in [9.17, 15) is 4.79 Å². The molecule has 0 saturated carbocycles. The average Bonchev–Trinajstić information content (AvgIpc) is 2.97. The summed E-state index contributed by atoms with van der Waals surface area (Å²) in [4.78, 5) is 12.0. The molecule has 1 heterocycles. The van der Waals surface area contributed by atoms with Crippen LogP contribution in [0.3, 0.4) is 0 Å². The number of nitrogens with zero attached hydrogens (tertiary/aromatic N) is 1. The molecule has 4 heteroatoms. The number of carbonyl (C=O) groups is 1. The number of hydrogen-bond donors (Lipinski definition) is 1. The molecule has 3 nitrogen and oxygen atoms in total. The number of fused-ring (bicyclic) bond motifs is 3. The third-order valence-corrected chi connectivity index (χ3v) is 5.54. The number of halogens is 1. The van der Waals surface area contributed by atoms with Gasteiger partial charge in [-0.15, -0.1) is 0 Å². The zero-order valence-electron chi connectivity index (χ0n) is 15.2. The van der Waals surface area contributed by atoms with Gasteiger partial charge in [0.15, 0.2) is 0 Å². The molecule has 0 radical (unpaired) electrons. The number of hydrogen-bond acceptors (Lipinski definition) is 1. The average molecular weight is 421 g/mol. The molecule has 2 N–H and O–H groups in total. The first-order valence-corrected chi connectivity index (χ1v) is 9.96. The van der Waals surface area contributed by atoms with Crippen molar-refractivity contribution in [1.29, 1.82) is 0 Å². The second kappa shape index (κ2) is 7.20. The number of aromatic nitrogens is 1. The van der Waals surface area contributed by atoms with Crippen molar-refractivity contribution >= 4 is 43.6 Å². The van der Waals surface area contributed by atoms with Crippen molar-refractivity contribution in [3.8, 4) is 0 Å². The van der Waals surface area contributed by atoms with E-state index in [0.29, 0.717) is 5.56 Å². The zero-order chi connectivity index (χ0) is 19.0. The number of nitrogens with two attached hydrogens (primary N) is 1. The maximum Gasteiger partial charge on any atom is 0.249 e. The normalized spacial score (nSPS) is 11.3. The van der Waals surface area contributed by atoms with Gasteiger partial charge in [0.05, 0.1) is 5.52 Å². The van der Waals surface area contributed by atoms with Crippen LogP contribution >= 0.6 is 15.9 Å². The van der Waals surface area contributed by atoms with Gasteiger partial charge in [0.1, 0.15) is 0 Å². The molecule has 0 aliphatic heterocycles. The molecule has 0 unspecified atom stereocenters. The largest absolute Gasteiger partial charge is 0.366 e. The lowest BCUT2D eigenvalue weighted by Gasteiger charge is -2.09. The van der Waals surface area contributed by atoms with E-state index in [-0.39, 0.29) is 5.91 Å². The number of carbonyl (C=O) groups excluding carboxylic acids is 1. The van der Waals surface area contributed by atoms with Crippen LogP contribution in [-0.4, -0.2) is 10.5 Å². The minimum atomic E-state index is -0.388. The number of rotatable bonds is 5. The van der Waals surface area contributed by atoms with Gasteiger partial charge in [-0.2, -0.15) is 0 Å². The van der Waals surface area contributed by atoms with Crippen LogP contribution in [0.1, 0.15) is 34.8 Å². The fourth-order valence-electron chi connectivity index (χ4n) is 3.78. The molecule has 0 fully saturated rings. The molecule has 1 aromatic heterocycles. The van der Waals surface area contributed by atoms with E-state index in [1.165, 1.54) is 11.1 Å². The fraction of sp³-hybridized carbons (Fsp3) is 0.174. The van der Waals surface area contributed by atoms with E-state index in [2.05, 4.69) is 76.0 Å². The Morgan fingerprint density at radius 1 is 1.00 bits per heavy atom. The van der Waals surface area contributed by atoms with E-state index in [1.54, 1.807) is 0 Å². The summed E-state index contributed by atoms with van der Waals surface area (Å²) in [6.07, 6.45) is 2.14. The SMILES string of the molecule is CCCc1ccc2c3c(C(N)=O)cccc3n(Cc3ccc(Br)cc3)c2c1. The van der Waals surface area contributed by atoms with Gasteiger partial charge in [-0.05, 0) is 47.9 Å². The van der Waals surface area contributed by atoms with Gasteiger partial charge in [-0.25, -0.2) is 0 Å². The van der Waals surface area contributed by atoms with E-state index in [4.69, 9.17) is 5.73 Å². The summed E-state index contributed by atoms with van der Waals surface area (Å²) in [5, 5.41) is 2.02. The molecule has 1 amide bonds. The summed E-state index contributed by atoms with van der Waals surface area (Å²) in [5.41, 5.74) is 11.0. The molecule has 0 spiro atoms. The molecular weight excluding hydrogens is 400 g/mol. The van der Waals surface area contributed by atoms with Gasteiger partial charge >= 0.3 is 0 Å². The standard InChI is InChI=1S/C23H21BrN2O/c1-2-4-15-9-12-18-21(13-15)26(14-16-7-10-17(24)11-8-16)20-6-3-5-19(22(18)20)23(25)27/h3,5-13H,2,4,14H2,1H3,(H2,25,27). The van der Waals surface area contributed by atoms with Crippen LogP contribution in [0.15, 0.2) is 65.1 Å². The Balaban J connectivity index is 2.00. The van der Waals surface area contributed by atoms with Crippen LogP contribution in [0.4, 0.5) is 0 Å². The molecular formula is C23H21BrN2O. The highest BCUT2D eigenvalue weighted by molar-refractivity contribution is 9.10. The number of amides is 1. The van der Waals surface area contributed by atoms with E-state index in [1.807, 2.05) is 12.1 Å². The van der Waals surface area contributed by atoms with Crippen molar-refractivity contribution in [3.05, 3.63) is 81.8 Å². The molecule has 27 heavy (non-hydrogen) atoms. The summed E-state index contributed by atoms with van der Waals surface area (Å²) >= 11 is 3.50. The number of aryl methyl sites for hydroxylation is 1. The van der Waals surface area contributed by atoms with Gasteiger partial charge in [-0.3, -0.25) is 4.79 Å². The lowest BCUT2D eigenvalue weighted by molar-refractivity contribution is 0.100. The summed E-state index contributed by atoms with van der Waals surface area (Å²) in [7, 11) is 0. The van der Waals surface area contributed by atoms with Crippen LogP contribution in [0.2, 0.25) is 0 Å². The molecule has 4 rings (SSSR count). The lowest BCUT2D eigenvalue weighted by Crippen LogP contribution is -2.11. The molecule has 4 aromatic rings. The predicted octanol–water partition coefficient (Wildman–Crippen LogP) is 5.66. The Morgan fingerprint density at radius 3 is 2.44 bits per heavy atom. The third-order valence-electron chi connectivity index (χ3n) is 5.01. The van der Waals surface area contributed by atoms with Crippen molar-refractivity contribution < 1.29 is 4.79 Å². The Bertz CT molecular complexity index is 1140. The van der Waals surface area contributed by atoms with Crippen LogP contribution < -0.4 is 5.73 Å². The Morgan fingerprint density at radius 2 is 1.74 bits per heavy atom. The van der Waals surface area contributed by atoms with Gasteiger partial charge in [0.2, 0.25) is 5.91 Å². The summed E-state index contributed by atoms with van der Waals surface area (Å²) in [6, 6.07) is 20.7. The summed E-state index contributed by atoms with van der Waals surface area (Å²) in [6.45, 7) is 2.93. The minimum absolute atomic E-state index is 0.388. The Hall–Kier alpha value is -2.59. The molecule has 3 aromatic carbocycles. The predicted molar refractivity (Wildman–Crippen MR) is 115 cm³/mol. The fourth-order valence-corrected chi connectivity index (χ4v) is 4.05. The van der Waals surface area contributed by atoms with Crippen molar-refractivity contribution in [2.24, 2.45) is 5.73 Å². The molecule has 0 saturated heterocycles. The maximum atomic E-state index is 12.0. The lowest BCUT2D eigenvalue weighted by atomic mass is 10.0. The highest BCUT2D eigenvalue weighted by Gasteiger charge is 2.16. The quantitative estimate of drug-likeness (QED) is 0.444. The molecule has 0 aliphatic rings. The topological polar surface area (TPSA) is 48.0 Å². The first kappa shape index (κ1) is 17.8. The molecule has 0 atom stereocenters. The second-order valence-corrected chi connectivity index (χ2v) is 7.79. The number of primary amides is 1. The zero-order valence-corrected chi connectivity index (χ0v) is 16.8. The van der Waals surface area contributed by atoms with E-state index in [0.717, 1.165) is 45.7 Å². The summed E-state index contributed by atoms with van der Waals surface area (Å²) < 4.78 is 3.36. The van der Waals surface area contributed by atoms with Gasteiger partial charge < -0.3 is 10.3 Å². The third kappa shape index (κ3) is 3.26. The van der Waals surface area contributed by atoms with Crippen molar-refractivity contribution in [3.63, 3.8) is 0 Å². The smallest absolute Gasteiger partial charge is 0.249 e. The van der Waals surface area contributed by atoms with Crippen LogP contribution in [0.5, 0.6) is 0 Å². The minimum Gasteiger partial charge on any atom is -0.366 e. The number of benzene rings is 3. The van der Waals surface area contributed by atoms with Gasteiger partial charge in [-0.1, -0.05) is 59.6 Å². The first-order chi connectivity index (χ1) is 13.1. The van der Waals surface area contributed by atoms with Crippen molar-refractivity contribution in [1.82, 2.24) is 4.57 Å². The monoisotopic (exact) mass is 420 g/mol. The van der Waals surface area contributed by atoms with Crippen LogP contribution in [0.25, 0.3) is 21.8 Å². The Labute approximate surface area is 166 Å². The van der Waals surface area contributed by atoms with Gasteiger partial charge in [0.25, 0.3) is 0 Å². The highest BCUT2D eigenvalue weighted by atomic mass is 79.9. The van der Waals surface area contributed by atoms with Crippen LogP contribution in [0, 0.1) is 0 Å². The maximum absolute atomic E-state index is 12.0. The molecule has 0 bridgehead atoms. The van der Waals surface area contributed by atoms with Crippen molar-refractivity contribution in [2.45, 2.75) is 26.3 Å². The van der Waals surface area contributed by atoms with Crippen LogP contribution in [-0.2, 0) is 13.0 Å². The second-order valence-electron chi connectivity index (χ2n) is 6.88. The molecule has 136 valence electrons. The Kier molecular flexibility index (Phi) is 4.75. The molecule has 0 aliphatic carbocycles. The first-order valence-electron chi connectivity index (χ1n) is 9.16. The van der Waals surface area contributed by atoms with E-state index >= 15 is 0 Å².